The summed E-state index contributed by atoms with van der Waals surface area (Å²) in [5.74, 6) is 0. The van der Waals surface area contributed by atoms with Gasteiger partial charge in [0, 0.05) is 6.61 Å². The lowest BCUT2D eigenvalue weighted by Crippen LogP contribution is -2.54. The molecule has 2 rings (SSSR count). The molecule has 1 aliphatic heterocycles. The molecule has 1 saturated carbocycles. The topological polar surface area (TPSA) is 72.9 Å². The Morgan fingerprint density at radius 2 is 1.39 bits per heavy atom. The second kappa shape index (κ2) is 9.33. The van der Waals surface area contributed by atoms with E-state index >= 15 is 0 Å². The van der Waals surface area contributed by atoms with Crippen LogP contribution in [0.4, 0.5) is 0 Å². The third-order valence-corrected chi connectivity index (χ3v) is 5.33. The standard InChI is InChI=1S/C18H35NO4/c1-3-5-7-9-11-19-13-14(19)18(17(22)16(21)15(13)20)23-12-10-8-6-4-2/h13-18,20-22H,3-12H2,1-2H3/t13?,14?,15-,16+,17-,18-,19?/m1/s1. The third-order valence-electron chi connectivity index (χ3n) is 5.33. The van der Waals surface area contributed by atoms with Crippen LogP contribution in [0.2, 0.25) is 0 Å². The molecule has 0 bridgehead atoms. The van der Waals surface area contributed by atoms with Gasteiger partial charge in [-0.25, -0.2) is 0 Å². The molecule has 1 aliphatic carbocycles. The zero-order valence-corrected chi connectivity index (χ0v) is 14.7. The maximum atomic E-state index is 10.3. The summed E-state index contributed by atoms with van der Waals surface area (Å²) in [5, 5.41) is 30.5. The quantitative estimate of drug-likeness (QED) is 0.397. The van der Waals surface area contributed by atoms with Crippen molar-refractivity contribution in [1.82, 2.24) is 4.90 Å². The van der Waals surface area contributed by atoms with Crippen molar-refractivity contribution in [2.45, 2.75) is 102 Å². The lowest BCUT2D eigenvalue weighted by molar-refractivity contribution is -0.140. The molecule has 7 atom stereocenters. The van der Waals surface area contributed by atoms with Crippen LogP contribution in [-0.2, 0) is 4.74 Å². The number of nitrogens with zero attached hydrogens (tertiary/aromatic N) is 1. The summed E-state index contributed by atoms with van der Waals surface area (Å²) in [5.41, 5.74) is 0. The molecule has 1 saturated heterocycles. The molecule has 0 amide bonds. The maximum absolute atomic E-state index is 10.3. The molecule has 0 aromatic rings. The molecule has 0 aromatic heterocycles. The van der Waals surface area contributed by atoms with Crippen molar-refractivity contribution in [1.29, 1.82) is 0 Å². The van der Waals surface area contributed by atoms with Gasteiger partial charge in [-0.15, -0.1) is 0 Å². The molecular formula is C18H35NO4. The third kappa shape index (κ3) is 4.67. The lowest BCUT2D eigenvalue weighted by atomic mass is 9.89. The molecule has 0 spiro atoms. The van der Waals surface area contributed by atoms with Crippen LogP contribution in [0.5, 0.6) is 0 Å². The largest absolute Gasteiger partial charge is 0.389 e. The normalized spacial score (nSPS) is 39.3. The lowest BCUT2D eigenvalue weighted by Gasteiger charge is -2.33. The van der Waals surface area contributed by atoms with Gasteiger partial charge < -0.3 is 20.1 Å². The van der Waals surface area contributed by atoms with E-state index in [1.807, 2.05) is 0 Å². The molecule has 3 unspecified atom stereocenters. The Labute approximate surface area is 140 Å². The first-order valence-electron chi connectivity index (χ1n) is 9.55. The Morgan fingerprint density at radius 3 is 2.04 bits per heavy atom. The number of rotatable bonds is 11. The summed E-state index contributed by atoms with van der Waals surface area (Å²) in [6.07, 6.45) is 5.93. The van der Waals surface area contributed by atoms with Gasteiger partial charge in [-0.05, 0) is 19.4 Å². The number of aliphatic hydroxyl groups excluding tert-OH is 3. The zero-order chi connectivity index (χ0) is 16.8. The van der Waals surface area contributed by atoms with Crippen molar-refractivity contribution >= 4 is 0 Å². The minimum absolute atomic E-state index is 0.0457. The monoisotopic (exact) mass is 329 g/mol. The number of ether oxygens (including phenoxy) is 1. The summed E-state index contributed by atoms with van der Waals surface area (Å²) in [4.78, 5) is 2.20. The highest BCUT2D eigenvalue weighted by Gasteiger charge is 2.64. The first kappa shape index (κ1) is 19.1. The van der Waals surface area contributed by atoms with Crippen LogP contribution < -0.4 is 0 Å². The number of hydrogen-bond donors (Lipinski definition) is 3. The van der Waals surface area contributed by atoms with Crippen LogP contribution in [-0.4, -0.2) is 69.9 Å². The first-order valence-corrected chi connectivity index (χ1v) is 9.55. The van der Waals surface area contributed by atoms with Crippen molar-refractivity contribution in [3.63, 3.8) is 0 Å². The summed E-state index contributed by atoms with van der Waals surface area (Å²) in [7, 11) is 0. The highest BCUT2D eigenvalue weighted by Crippen LogP contribution is 2.42. The van der Waals surface area contributed by atoms with Gasteiger partial charge in [-0.1, -0.05) is 52.4 Å². The molecule has 0 radical (unpaired) electrons. The highest BCUT2D eigenvalue weighted by atomic mass is 16.5. The van der Waals surface area contributed by atoms with Crippen molar-refractivity contribution in [3.05, 3.63) is 0 Å². The molecule has 2 aliphatic rings. The van der Waals surface area contributed by atoms with Crippen molar-refractivity contribution in [2.75, 3.05) is 13.2 Å². The molecule has 1 heterocycles. The highest BCUT2D eigenvalue weighted by molar-refractivity contribution is 5.18. The Bertz CT molecular complexity index is 341. The van der Waals surface area contributed by atoms with Gasteiger partial charge in [-0.3, -0.25) is 4.90 Å². The van der Waals surface area contributed by atoms with E-state index in [1.165, 1.54) is 32.1 Å². The van der Waals surface area contributed by atoms with E-state index in [9.17, 15) is 15.3 Å². The van der Waals surface area contributed by atoms with Crippen molar-refractivity contribution in [2.24, 2.45) is 0 Å². The fraction of sp³-hybridized carbons (Fsp3) is 1.00. The first-order chi connectivity index (χ1) is 11.1. The van der Waals surface area contributed by atoms with Gasteiger partial charge in [0.25, 0.3) is 0 Å². The minimum atomic E-state index is -1.10. The van der Waals surface area contributed by atoms with E-state index in [2.05, 4.69) is 18.7 Å². The van der Waals surface area contributed by atoms with Gasteiger partial charge in [0.1, 0.15) is 18.3 Å². The maximum Gasteiger partial charge on any atom is 0.110 e. The van der Waals surface area contributed by atoms with E-state index in [0.29, 0.717) is 6.61 Å². The molecule has 136 valence electrons. The molecule has 23 heavy (non-hydrogen) atoms. The van der Waals surface area contributed by atoms with E-state index in [0.717, 1.165) is 25.8 Å². The van der Waals surface area contributed by atoms with Crippen LogP contribution >= 0.6 is 0 Å². The summed E-state index contributed by atoms with van der Waals surface area (Å²) in [6, 6.07) is 0.0203. The fourth-order valence-corrected chi connectivity index (χ4v) is 3.86. The van der Waals surface area contributed by atoms with Crippen molar-refractivity contribution < 1.29 is 20.1 Å². The Morgan fingerprint density at radius 1 is 0.739 bits per heavy atom. The van der Waals surface area contributed by atoms with Gasteiger partial charge >= 0.3 is 0 Å². The number of hydrogen-bond acceptors (Lipinski definition) is 5. The van der Waals surface area contributed by atoms with Crippen LogP contribution in [0.15, 0.2) is 0 Å². The molecule has 5 heteroatoms. The summed E-state index contributed by atoms with van der Waals surface area (Å²) >= 11 is 0. The molecule has 3 N–H and O–H groups in total. The second-order valence-electron chi connectivity index (χ2n) is 7.15. The summed E-state index contributed by atoms with van der Waals surface area (Å²) < 4.78 is 5.91. The van der Waals surface area contributed by atoms with Gasteiger partial charge in [-0.2, -0.15) is 0 Å². The molecular weight excluding hydrogens is 294 g/mol. The van der Waals surface area contributed by atoms with Gasteiger partial charge in [0.2, 0.25) is 0 Å². The van der Waals surface area contributed by atoms with Crippen LogP contribution in [0.1, 0.15) is 65.2 Å². The summed E-state index contributed by atoms with van der Waals surface area (Å²) in [6.45, 7) is 5.91. The Balaban J connectivity index is 1.82. The average molecular weight is 329 g/mol. The predicted molar refractivity (Wildman–Crippen MR) is 90.3 cm³/mol. The van der Waals surface area contributed by atoms with E-state index in [-0.39, 0.29) is 18.2 Å². The Hall–Kier alpha value is -0.200. The van der Waals surface area contributed by atoms with Crippen molar-refractivity contribution in [3.8, 4) is 0 Å². The average Bonchev–Trinajstić information content (AvgIpc) is 3.26. The Kier molecular flexibility index (Phi) is 7.76. The molecule has 2 fully saturated rings. The SMILES string of the molecule is CCCCCCO[C@@H]1C2C([C@@H](O)[C@H](O)[C@H]1O)N2CCCCCC. The minimum Gasteiger partial charge on any atom is -0.389 e. The molecule has 5 nitrogen and oxygen atoms in total. The van der Waals surface area contributed by atoms with Crippen LogP contribution in [0, 0.1) is 0 Å². The van der Waals surface area contributed by atoms with Crippen LogP contribution in [0.25, 0.3) is 0 Å². The number of unbranched alkanes of at least 4 members (excludes halogenated alkanes) is 6. The van der Waals surface area contributed by atoms with Crippen LogP contribution in [0.3, 0.4) is 0 Å². The fourth-order valence-electron chi connectivity index (χ4n) is 3.86. The number of likely N-dealkylation sites (tertiary alicyclic amines) is 1. The van der Waals surface area contributed by atoms with E-state index < -0.39 is 18.3 Å². The number of aliphatic hydroxyl groups is 3. The zero-order valence-electron chi connectivity index (χ0n) is 14.7. The smallest absolute Gasteiger partial charge is 0.110 e. The number of fused-ring (bicyclic) bond motifs is 1. The van der Waals surface area contributed by atoms with E-state index in [4.69, 9.17) is 4.74 Å². The van der Waals surface area contributed by atoms with Gasteiger partial charge in [0.05, 0.1) is 18.2 Å². The molecule has 0 aromatic carbocycles. The van der Waals surface area contributed by atoms with E-state index in [1.54, 1.807) is 0 Å². The predicted octanol–water partition coefficient (Wildman–Crippen LogP) is 1.68. The van der Waals surface area contributed by atoms with Gasteiger partial charge in [0.15, 0.2) is 0 Å². The second-order valence-corrected chi connectivity index (χ2v) is 7.15.